The summed E-state index contributed by atoms with van der Waals surface area (Å²) in [6.45, 7) is 2.94. The number of likely N-dealkylation sites (tertiary alicyclic amines) is 1. The topological polar surface area (TPSA) is 330 Å². The monoisotopic (exact) mass is 1780 g/mol. The van der Waals surface area contributed by atoms with Crippen molar-refractivity contribution < 1.29 is 24.5 Å². The second-order valence-corrected chi connectivity index (χ2v) is 36.5. The average molecular weight is 1780 g/mol. The molecule has 20 aromatic rings. The van der Waals surface area contributed by atoms with Crippen molar-refractivity contribution in [3.63, 3.8) is 0 Å². The third-order valence-electron chi connectivity index (χ3n) is 28.1. The van der Waals surface area contributed by atoms with Crippen LogP contribution in [0.25, 0.3) is 156 Å². The van der Waals surface area contributed by atoms with Crippen LogP contribution in [0.2, 0.25) is 0 Å². The van der Waals surface area contributed by atoms with Crippen LogP contribution in [0.5, 0.6) is 0 Å². The SMILES string of the molecule is COC1CCC(c2nc(-c3ccc4ccc(-c5ccccc5)nc4c3)c3c(N)nccn23)CC1.COC1CCC(c2nc(-c3ccc4ccc(-c5ccccc5)nc4c3)c3c(N)nccn23)CC1.Nc1nccn2c(C3CC(O)(CN4CCC4)C3)nc(-c3ccc4ccc(-c5ccccc5)nc4c3)c12.Nc1nccn2c(C3CCC3)nc(-c3ccc4ccc(-c5ccccc5)[n+](O)c4c3)c12. The number of rotatable bonds is 16. The Kier molecular flexibility index (Phi) is 22.9. The first-order chi connectivity index (χ1) is 66.2. The summed E-state index contributed by atoms with van der Waals surface area (Å²) in [6.07, 6.45) is 30.1. The summed E-state index contributed by atoms with van der Waals surface area (Å²) in [5, 5.41) is 26.3. The number of nitrogens with two attached hydrogens (primary N) is 4. The molecule has 13 heterocycles. The largest absolute Gasteiger partial charge is 0.389 e. The Labute approximate surface area is 779 Å². The summed E-state index contributed by atoms with van der Waals surface area (Å²) in [6, 6.07) is 82.0. The number of benzene rings is 8. The van der Waals surface area contributed by atoms with Gasteiger partial charge < -0.3 is 42.4 Å². The highest BCUT2D eigenvalue weighted by Crippen LogP contribution is 2.49. The molecule has 10 N–H and O–H groups in total. The number of imidazole rings is 4. The third-order valence-corrected chi connectivity index (χ3v) is 28.1. The summed E-state index contributed by atoms with van der Waals surface area (Å²) in [5.74, 6) is 7.38. The van der Waals surface area contributed by atoms with Gasteiger partial charge in [-0.3, -0.25) is 22.8 Å². The van der Waals surface area contributed by atoms with Crippen LogP contribution in [0, 0.1) is 0 Å². The molecule has 25 rings (SSSR count). The number of nitrogen functional groups attached to an aromatic ring is 4. The zero-order valence-corrected chi connectivity index (χ0v) is 75.3. The maximum Gasteiger partial charge on any atom is 0.265 e. The van der Waals surface area contributed by atoms with Crippen LogP contribution in [0.3, 0.4) is 0 Å². The van der Waals surface area contributed by atoms with Crippen LogP contribution in [-0.2, 0) is 9.47 Å². The van der Waals surface area contributed by atoms with Gasteiger partial charge >= 0.3 is 0 Å². The number of aromatic nitrogens is 16. The molecule has 0 spiro atoms. The van der Waals surface area contributed by atoms with Crippen molar-refractivity contribution in [1.29, 1.82) is 0 Å². The molecule has 4 saturated carbocycles. The van der Waals surface area contributed by atoms with Gasteiger partial charge in [0.05, 0.1) is 62.4 Å². The summed E-state index contributed by atoms with van der Waals surface area (Å²) in [7, 11) is 3.61. The standard InChI is InChI=1S/C29H28N6O.2C28H27N5O.C25H22N5O/c30-27-26-25(21-8-7-20-9-10-23(32-24(20)15-21)19-5-2-1-3-6-19)33-28(35(26)14-11-31-27)22-16-29(36,17-22)18-34-12-4-13-34;2*1-34-22-12-9-20(10-13-22)28-32-25(26-27(29)30-15-16-33(26)28)21-8-7-19-11-14-23(31-24(19)17-21)18-5-3-2-4-6-18;26-24-23-22(28-25(18-7-4-8-18)29(23)14-13-27-24)19-10-9-17-11-12-20(30(31)21(17)15-19)16-5-2-1-3-6-16/h1-3,5-11,14-15,22,36H,4,12-13,16-18H2,(H2,30,31);2*2-8,11,14-17,20,22H,9-10,12-13H2,1H3,(H2,29,30);1-3,5-6,9-15,18,31H,4,7-8H2,(H2,26,27)/q;;;+1. The van der Waals surface area contributed by atoms with Crippen LogP contribution in [0.1, 0.15) is 137 Å². The lowest BCUT2D eigenvalue weighted by molar-refractivity contribution is -0.876. The lowest BCUT2D eigenvalue weighted by atomic mass is 9.70. The van der Waals surface area contributed by atoms with Gasteiger partial charge in [-0.25, -0.2) is 54.8 Å². The Morgan fingerprint density at radius 3 is 0.993 bits per heavy atom. The zero-order chi connectivity index (χ0) is 91.4. The van der Waals surface area contributed by atoms with E-state index in [1.807, 2.05) is 140 Å². The number of methoxy groups -OCH3 is 2. The quantitative estimate of drug-likeness (QED) is 0.0387. The molecular formula is C110H104N21O4+. The first kappa shape index (κ1) is 85.2. The highest BCUT2D eigenvalue weighted by molar-refractivity contribution is 5.96. The molecule has 0 radical (unpaired) electrons. The first-order valence-corrected chi connectivity index (χ1v) is 46.8. The van der Waals surface area contributed by atoms with E-state index in [1.165, 1.54) is 17.6 Å². The molecule has 5 aliphatic rings. The van der Waals surface area contributed by atoms with Crippen molar-refractivity contribution in [2.45, 2.75) is 131 Å². The molecule has 0 unspecified atom stereocenters. The zero-order valence-electron chi connectivity index (χ0n) is 75.3. The fraction of sp³-hybridized carbons (Fsp3) is 0.236. The van der Waals surface area contributed by atoms with E-state index in [2.05, 4.69) is 170 Å². The van der Waals surface area contributed by atoms with Crippen LogP contribution in [0.4, 0.5) is 23.3 Å². The van der Waals surface area contributed by atoms with E-state index in [0.717, 1.165) is 257 Å². The van der Waals surface area contributed by atoms with E-state index in [9.17, 15) is 10.3 Å². The smallest absolute Gasteiger partial charge is 0.265 e. The van der Waals surface area contributed by atoms with Crippen molar-refractivity contribution in [1.82, 2.24) is 77.3 Å². The van der Waals surface area contributed by atoms with Gasteiger partial charge in [0.15, 0.2) is 0 Å². The number of anilines is 4. The second-order valence-electron chi connectivity index (χ2n) is 36.5. The molecule has 672 valence electrons. The van der Waals surface area contributed by atoms with E-state index in [-0.39, 0.29) is 5.92 Å². The molecular weight excluding hydrogens is 1680 g/mol. The summed E-state index contributed by atoms with van der Waals surface area (Å²) in [4.78, 5) is 55.0. The van der Waals surface area contributed by atoms with Gasteiger partial charge in [0.1, 0.15) is 91.4 Å². The van der Waals surface area contributed by atoms with Crippen molar-refractivity contribution in [3.05, 3.63) is 316 Å². The molecule has 4 aliphatic carbocycles. The van der Waals surface area contributed by atoms with Crippen LogP contribution in [0.15, 0.2) is 292 Å². The number of aliphatic hydroxyl groups is 1. The lowest BCUT2D eigenvalue weighted by Crippen LogP contribution is -2.54. The molecule has 0 atom stereocenters. The van der Waals surface area contributed by atoms with Gasteiger partial charge in [0.2, 0.25) is 0 Å². The predicted molar refractivity (Wildman–Crippen MR) is 532 cm³/mol. The minimum absolute atomic E-state index is 0.183. The fourth-order valence-electron chi connectivity index (χ4n) is 20.5. The normalized spacial score (nSPS) is 18.4. The number of pyridine rings is 4. The maximum absolute atomic E-state index is 11.0. The molecule has 25 nitrogen and oxygen atoms in total. The van der Waals surface area contributed by atoms with Gasteiger partial charge in [-0.05, 0) is 157 Å². The second kappa shape index (κ2) is 36.4. The Balaban J connectivity index is 0.000000105. The first-order valence-electron chi connectivity index (χ1n) is 46.8. The molecule has 135 heavy (non-hydrogen) atoms. The van der Waals surface area contributed by atoms with Crippen molar-refractivity contribution >= 4 is 88.9 Å². The molecule has 5 fully saturated rings. The van der Waals surface area contributed by atoms with Gasteiger partial charge in [-0.1, -0.05) is 176 Å². The minimum Gasteiger partial charge on any atom is -0.389 e. The van der Waals surface area contributed by atoms with E-state index >= 15 is 0 Å². The number of fused-ring (bicyclic) bond motifs is 8. The van der Waals surface area contributed by atoms with Crippen LogP contribution < -0.4 is 27.7 Å². The van der Waals surface area contributed by atoms with Crippen LogP contribution in [-0.4, -0.2) is 139 Å². The lowest BCUT2D eigenvalue weighted by Gasteiger charge is -2.47. The molecule has 0 bridgehead atoms. The van der Waals surface area contributed by atoms with Crippen molar-refractivity contribution in [3.8, 4) is 90.1 Å². The molecule has 8 aromatic carbocycles. The number of hydrogen-bond donors (Lipinski definition) is 6. The Morgan fingerprint density at radius 2 is 0.659 bits per heavy atom. The number of ether oxygens (including phenoxy) is 2. The van der Waals surface area contributed by atoms with E-state index in [0.29, 0.717) is 71.6 Å². The van der Waals surface area contributed by atoms with Gasteiger partial charge in [0.25, 0.3) is 11.2 Å². The molecule has 12 aromatic heterocycles. The van der Waals surface area contributed by atoms with E-state index in [4.69, 9.17) is 67.3 Å². The van der Waals surface area contributed by atoms with Crippen LogP contribution >= 0.6 is 0 Å². The summed E-state index contributed by atoms with van der Waals surface area (Å²) >= 11 is 0. The molecule has 0 amide bonds. The van der Waals surface area contributed by atoms with Gasteiger partial charge in [-0.15, -0.1) is 0 Å². The minimum atomic E-state index is -0.629. The third kappa shape index (κ3) is 16.6. The molecule has 1 aliphatic heterocycles. The highest BCUT2D eigenvalue weighted by Gasteiger charge is 2.47. The fourth-order valence-corrected chi connectivity index (χ4v) is 20.5. The molecule has 1 saturated heterocycles. The van der Waals surface area contributed by atoms with Crippen molar-refractivity contribution in [2.75, 3.05) is 56.8 Å². The number of β-amino-alcohol motifs (C(OH)–C–C–N with tert-alkyl or cyclic N) is 1. The Hall–Kier alpha value is -15.3. The number of nitrogens with zero attached hydrogens (tertiary/aromatic N) is 17. The average Bonchev–Trinajstić information content (AvgIpc) is 1.61. The summed E-state index contributed by atoms with van der Waals surface area (Å²) < 4.78 is 20.8. The Morgan fingerprint density at radius 1 is 0.341 bits per heavy atom. The van der Waals surface area contributed by atoms with Gasteiger partial charge in [-0.2, -0.15) is 0 Å². The van der Waals surface area contributed by atoms with E-state index in [1.54, 1.807) is 39.0 Å². The molecule has 25 heteroatoms. The number of hydrogen-bond acceptors (Lipinski definition) is 20. The van der Waals surface area contributed by atoms with Crippen molar-refractivity contribution in [2.24, 2.45) is 0 Å². The maximum atomic E-state index is 11.0. The Bertz CT molecular complexity index is 7570. The predicted octanol–water partition coefficient (Wildman–Crippen LogP) is 20.8. The van der Waals surface area contributed by atoms with E-state index < -0.39 is 5.60 Å². The highest BCUT2D eigenvalue weighted by atomic mass is 16.5. The van der Waals surface area contributed by atoms with Gasteiger partial charge in [0, 0.05) is 166 Å². The summed E-state index contributed by atoms with van der Waals surface area (Å²) in [5.41, 5.74) is 46.7.